The third-order valence-corrected chi connectivity index (χ3v) is 4.18. The van der Waals surface area contributed by atoms with E-state index in [-0.39, 0.29) is 5.75 Å². The molecule has 3 aromatic rings. The van der Waals surface area contributed by atoms with E-state index in [2.05, 4.69) is 16.0 Å². The van der Waals surface area contributed by atoms with Gasteiger partial charge >= 0.3 is 0 Å². The lowest BCUT2D eigenvalue weighted by Crippen LogP contribution is -2.25. The van der Waals surface area contributed by atoms with Crippen LogP contribution in [0, 0.1) is 0 Å². The fourth-order valence-electron chi connectivity index (χ4n) is 3.03. The Morgan fingerprint density at radius 3 is 2.96 bits per heavy atom. The van der Waals surface area contributed by atoms with Crippen LogP contribution >= 0.6 is 0 Å². The fraction of sp³-hybridized carbons (Fsp3) is 0.211. The molecule has 0 bridgehead atoms. The van der Waals surface area contributed by atoms with Crippen molar-refractivity contribution in [2.45, 2.75) is 13.1 Å². The Balaban J connectivity index is 1.66. The number of furan rings is 1. The van der Waals surface area contributed by atoms with Gasteiger partial charge in [-0.15, -0.1) is 0 Å². The molecule has 0 radical (unpaired) electrons. The maximum absolute atomic E-state index is 10.4. The van der Waals surface area contributed by atoms with Crippen LogP contribution in [0.3, 0.4) is 0 Å². The van der Waals surface area contributed by atoms with Crippen molar-refractivity contribution in [1.29, 1.82) is 0 Å². The van der Waals surface area contributed by atoms with Gasteiger partial charge in [0.15, 0.2) is 11.5 Å². The predicted octanol–water partition coefficient (Wildman–Crippen LogP) is 3.44. The Bertz CT molecular complexity index is 816. The number of nitrogens with zero attached hydrogens (tertiary/aromatic N) is 2. The highest BCUT2D eigenvalue weighted by atomic mass is 16.5. The van der Waals surface area contributed by atoms with Crippen LogP contribution < -0.4 is 4.74 Å². The Hall–Kier alpha value is -2.79. The summed E-state index contributed by atoms with van der Waals surface area (Å²) in [5.41, 5.74) is 4.02. The van der Waals surface area contributed by atoms with Crippen molar-refractivity contribution in [2.75, 3.05) is 13.2 Å². The Morgan fingerprint density at radius 2 is 2.17 bits per heavy atom. The van der Waals surface area contributed by atoms with Gasteiger partial charge in [-0.25, -0.2) is 0 Å². The molecular weight excluding hydrogens is 304 g/mol. The molecule has 1 aromatic carbocycles. The zero-order valence-electron chi connectivity index (χ0n) is 13.2. The highest BCUT2D eigenvalue weighted by Crippen LogP contribution is 2.37. The summed E-state index contributed by atoms with van der Waals surface area (Å²) in [4.78, 5) is 6.43. The van der Waals surface area contributed by atoms with E-state index < -0.39 is 0 Å². The van der Waals surface area contributed by atoms with E-state index in [1.54, 1.807) is 31.0 Å². The van der Waals surface area contributed by atoms with Gasteiger partial charge in [-0.2, -0.15) is 0 Å². The molecule has 4 rings (SSSR count). The van der Waals surface area contributed by atoms with Crippen molar-refractivity contribution in [3.05, 3.63) is 66.4 Å². The number of aromatic nitrogens is 1. The number of benzene rings is 1. The minimum Gasteiger partial charge on any atom is -0.504 e. The first-order valence-electron chi connectivity index (χ1n) is 7.92. The molecule has 0 aliphatic carbocycles. The number of hydrogen-bond donors (Lipinski definition) is 1. The second kappa shape index (κ2) is 6.37. The molecule has 2 aromatic heterocycles. The van der Waals surface area contributed by atoms with Crippen LogP contribution in [0.15, 0.2) is 59.7 Å². The largest absolute Gasteiger partial charge is 0.504 e. The number of ether oxygens (including phenoxy) is 1. The molecule has 24 heavy (non-hydrogen) atoms. The lowest BCUT2D eigenvalue weighted by molar-refractivity contribution is 0.217. The predicted molar refractivity (Wildman–Crippen MR) is 89.7 cm³/mol. The summed E-state index contributed by atoms with van der Waals surface area (Å²) in [6, 6.07) is 9.65. The summed E-state index contributed by atoms with van der Waals surface area (Å²) in [5, 5.41) is 10.4. The van der Waals surface area contributed by atoms with Crippen LogP contribution in [0.5, 0.6) is 11.5 Å². The minimum atomic E-state index is 0.177. The molecule has 122 valence electrons. The van der Waals surface area contributed by atoms with Crippen LogP contribution in [-0.4, -0.2) is 28.1 Å². The molecule has 1 aliphatic rings. The van der Waals surface area contributed by atoms with Crippen LogP contribution in [0.25, 0.3) is 11.1 Å². The van der Waals surface area contributed by atoms with E-state index in [0.717, 1.165) is 35.3 Å². The van der Waals surface area contributed by atoms with Gasteiger partial charge in [-0.05, 0) is 29.8 Å². The highest BCUT2D eigenvalue weighted by Gasteiger charge is 2.20. The lowest BCUT2D eigenvalue weighted by Gasteiger charge is -2.18. The van der Waals surface area contributed by atoms with E-state index >= 15 is 0 Å². The number of hydrogen-bond acceptors (Lipinski definition) is 5. The number of pyridine rings is 1. The average molecular weight is 322 g/mol. The molecule has 0 fully saturated rings. The third-order valence-electron chi connectivity index (χ3n) is 4.18. The van der Waals surface area contributed by atoms with Gasteiger partial charge in [-0.3, -0.25) is 9.88 Å². The lowest BCUT2D eigenvalue weighted by atomic mass is 10.0. The van der Waals surface area contributed by atoms with Crippen molar-refractivity contribution in [3.8, 4) is 22.6 Å². The molecule has 0 amide bonds. The number of fused-ring (bicyclic) bond motifs is 1. The first-order chi connectivity index (χ1) is 11.8. The average Bonchev–Trinajstić information content (AvgIpc) is 3.01. The van der Waals surface area contributed by atoms with Crippen LogP contribution in [-0.2, 0) is 13.1 Å². The molecule has 1 N–H and O–H groups in total. The van der Waals surface area contributed by atoms with Gasteiger partial charge < -0.3 is 14.3 Å². The van der Waals surface area contributed by atoms with Crippen molar-refractivity contribution in [1.82, 2.24) is 9.88 Å². The van der Waals surface area contributed by atoms with E-state index in [9.17, 15) is 5.11 Å². The Labute approximate surface area is 140 Å². The Kier molecular flexibility index (Phi) is 3.92. The summed E-state index contributed by atoms with van der Waals surface area (Å²) < 4.78 is 10.9. The van der Waals surface area contributed by atoms with Crippen molar-refractivity contribution < 1.29 is 14.3 Å². The summed E-state index contributed by atoms with van der Waals surface area (Å²) in [6.07, 6.45) is 6.98. The molecule has 5 heteroatoms. The maximum atomic E-state index is 10.4. The SMILES string of the molecule is Oc1cc(-c2cccnc2)cc2c1OCCN(Cc1ccoc1)C2. The van der Waals surface area contributed by atoms with Crippen LogP contribution in [0.2, 0.25) is 0 Å². The molecule has 0 saturated carbocycles. The maximum Gasteiger partial charge on any atom is 0.165 e. The highest BCUT2D eigenvalue weighted by molar-refractivity contribution is 5.68. The molecule has 3 heterocycles. The van der Waals surface area contributed by atoms with E-state index in [4.69, 9.17) is 9.15 Å². The summed E-state index contributed by atoms with van der Waals surface area (Å²) in [5.74, 6) is 0.758. The van der Waals surface area contributed by atoms with Gasteiger partial charge in [0.2, 0.25) is 0 Å². The van der Waals surface area contributed by atoms with Crippen molar-refractivity contribution in [2.24, 2.45) is 0 Å². The van der Waals surface area contributed by atoms with E-state index in [0.29, 0.717) is 18.9 Å². The van der Waals surface area contributed by atoms with Crippen molar-refractivity contribution >= 4 is 0 Å². The fourth-order valence-corrected chi connectivity index (χ4v) is 3.03. The first kappa shape index (κ1) is 14.8. The minimum absolute atomic E-state index is 0.177. The number of phenols is 1. The number of aromatic hydroxyl groups is 1. The second-order valence-electron chi connectivity index (χ2n) is 5.92. The van der Waals surface area contributed by atoms with Crippen LogP contribution in [0.1, 0.15) is 11.1 Å². The quantitative estimate of drug-likeness (QED) is 0.800. The smallest absolute Gasteiger partial charge is 0.165 e. The first-order valence-corrected chi connectivity index (χ1v) is 7.92. The monoisotopic (exact) mass is 322 g/mol. The van der Waals surface area contributed by atoms with Gasteiger partial charge in [-0.1, -0.05) is 6.07 Å². The van der Waals surface area contributed by atoms with E-state index in [1.807, 2.05) is 18.2 Å². The standard InChI is InChI=1S/C19H18N2O3/c22-18-9-16(15-2-1-4-20-10-15)8-17-12-21(5-7-24-19(17)18)11-14-3-6-23-13-14/h1-4,6,8-10,13,22H,5,7,11-12H2. The molecular formula is C19H18N2O3. The normalized spacial score (nSPS) is 14.7. The van der Waals surface area contributed by atoms with Gasteiger partial charge in [0, 0.05) is 48.7 Å². The van der Waals surface area contributed by atoms with Gasteiger partial charge in [0.05, 0.1) is 12.5 Å². The summed E-state index contributed by atoms with van der Waals surface area (Å²) in [7, 11) is 0. The zero-order valence-corrected chi connectivity index (χ0v) is 13.2. The molecule has 0 spiro atoms. The Morgan fingerprint density at radius 1 is 1.21 bits per heavy atom. The number of phenolic OH excluding ortho intramolecular Hbond substituents is 1. The third kappa shape index (κ3) is 2.98. The number of rotatable bonds is 3. The van der Waals surface area contributed by atoms with Gasteiger partial charge in [0.25, 0.3) is 0 Å². The summed E-state index contributed by atoms with van der Waals surface area (Å²) >= 11 is 0. The second-order valence-corrected chi connectivity index (χ2v) is 5.92. The zero-order chi connectivity index (χ0) is 16.4. The molecule has 5 nitrogen and oxygen atoms in total. The van der Waals surface area contributed by atoms with Gasteiger partial charge in [0.1, 0.15) is 6.61 Å². The molecule has 0 saturated heterocycles. The van der Waals surface area contributed by atoms with Crippen molar-refractivity contribution in [3.63, 3.8) is 0 Å². The van der Waals surface area contributed by atoms with E-state index in [1.165, 1.54) is 0 Å². The summed E-state index contributed by atoms with van der Waals surface area (Å²) in [6.45, 7) is 2.84. The van der Waals surface area contributed by atoms with Crippen LogP contribution in [0.4, 0.5) is 0 Å². The topological polar surface area (TPSA) is 58.7 Å². The molecule has 0 atom stereocenters. The molecule has 0 unspecified atom stereocenters. The molecule has 1 aliphatic heterocycles.